The van der Waals surface area contributed by atoms with Crippen LogP contribution >= 0.6 is 12.4 Å². The van der Waals surface area contributed by atoms with Crippen molar-refractivity contribution in [1.29, 1.82) is 0 Å². The van der Waals surface area contributed by atoms with Crippen LogP contribution in [0, 0.1) is 0 Å². The molecule has 2 nitrogen and oxygen atoms in total. The Morgan fingerprint density at radius 3 is 2.75 bits per heavy atom. The third kappa shape index (κ3) is 1.38. The van der Waals surface area contributed by atoms with Gasteiger partial charge in [-0.15, -0.1) is 12.4 Å². The average Bonchev–Trinajstić information content (AvgIpc) is 2.06. The lowest BCUT2D eigenvalue weighted by Crippen LogP contribution is -2.09. The number of aliphatic imine (C=N–C) groups is 1. The Bertz CT molecular complexity index is 333. The number of hydrogen-bond acceptors (Lipinski definition) is 2. The number of ketones is 1. The SMILES string of the molecule is Cl.O=C1C=NCc2ccccc21. The van der Waals surface area contributed by atoms with Gasteiger partial charge >= 0.3 is 0 Å². The Labute approximate surface area is 76.7 Å². The smallest absolute Gasteiger partial charge is 0.203 e. The summed E-state index contributed by atoms with van der Waals surface area (Å²) in [7, 11) is 0. The summed E-state index contributed by atoms with van der Waals surface area (Å²) in [6, 6.07) is 7.56. The van der Waals surface area contributed by atoms with Gasteiger partial charge < -0.3 is 0 Å². The molecule has 0 saturated heterocycles. The van der Waals surface area contributed by atoms with Gasteiger partial charge in [0.25, 0.3) is 0 Å². The summed E-state index contributed by atoms with van der Waals surface area (Å²) in [6.07, 6.45) is 1.39. The van der Waals surface area contributed by atoms with Gasteiger partial charge in [-0.1, -0.05) is 24.3 Å². The monoisotopic (exact) mass is 181 g/mol. The summed E-state index contributed by atoms with van der Waals surface area (Å²) >= 11 is 0. The highest BCUT2D eigenvalue weighted by atomic mass is 35.5. The summed E-state index contributed by atoms with van der Waals surface area (Å²) in [5.41, 5.74) is 1.82. The Hall–Kier alpha value is -1.15. The zero-order chi connectivity index (χ0) is 7.68. The van der Waals surface area contributed by atoms with E-state index >= 15 is 0 Å². The van der Waals surface area contributed by atoms with Gasteiger partial charge in [-0.2, -0.15) is 0 Å². The number of carbonyl (C=O) groups excluding carboxylic acids is 1. The summed E-state index contributed by atoms with van der Waals surface area (Å²) in [5, 5.41) is 0. The maximum atomic E-state index is 11.1. The Kier molecular flexibility index (Phi) is 2.61. The van der Waals surface area contributed by atoms with Crippen LogP contribution in [0.2, 0.25) is 0 Å². The minimum Gasteiger partial charge on any atom is -0.288 e. The van der Waals surface area contributed by atoms with Crippen LogP contribution in [0.1, 0.15) is 15.9 Å². The average molecular weight is 182 g/mol. The van der Waals surface area contributed by atoms with Gasteiger partial charge in [0, 0.05) is 5.56 Å². The van der Waals surface area contributed by atoms with Crippen LogP contribution in [-0.2, 0) is 6.54 Å². The van der Waals surface area contributed by atoms with Crippen molar-refractivity contribution >= 4 is 24.4 Å². The molecule has 1 aromatic carbocycles. The topological polar surface area (TPSA) is 29.4 Å². The lowest BCUT2D eigenvalue weighted by atomic mass is 10.0. The number of Topliss-reactive ketones (excluding diaryl/α,β-unsaturated/α-hetero) is 1. The molecule has 0 aromatic heterocycles. The number of carbonyl (C=O) groups is 1. The molecule has 0 N–H and O–H groups in total. The van der Waals surface area contributed by atoms with E-state index in [-0.39, 0.29) is 18.2 Å². The molecule has 2 rings (SSSR count). The molecular formula is C9H8ClNO. The maximum absolute atomic E-state index is 11.1. The molecule has 1 aliphatic rings. The van der Waals surface area contributed by atoms with Crippen LogP contribution in [-0.4, -0.2) is 12.0 Å². The number of rotatable bonds is 0. The third-order valence-electron chi connectivity index (χ3n) is 1.75. The quantitative estimate of drug-likeness (QED) is 0.601. The molecule has 3 heteroatoms. The highest BCUT2D eigenvalue weighted by Crippen LogP contribution is 2.13. The molecule has 1 heterocycles. The Balaban J connectivity index is 0.000000720. The number of fused-ring (bicyclic) bond motifs is 1. The molecular weight excluding hydrogens is 174 g/mol. The Morgan fingerprint density at radius 2 is 2.00 bits per heavy atom. The van der Waals surface area contributed by atoms with E-state index in [1.807, 2.05) is 24.3 Å². The summed E-state index contributed by atoms with van der Waals surface area (Å²) in [4.78, 5) is 15.1. The second kappa shape index (κ2) is 3.50. The number of hydrogen-bond donors (Lipinski definition) is 0. The molecule has 12 heavy (non-hydrogen) atoms. The minimum absolute atomic E-state index is 0. The van der Waals surface area contributed by atoms with Crippen molar-refractivity contribution in [2.24, 2.45) is 4.99 Å². The van der Waals surface area contributed by atoms with Crippen LogP contribution < -0.4 is 0 Å². The molecule has 0 saturated carbocycles. The number of benzene rings is 1. The molecule has 0 atom stereocenters. The van der Waals surface area contributed by atoms with E-state index < -0.39 is 0 Å². The molecule has 0 fully saturated rings. The van der Waals surface area contributed by atoms with E-state index in [9.17, 15) is 4.79 Å². The van der Waals surface area contributed by atoms with Crippen molar-refractivity contribution < 1.29 is 4.79 Å². The predicted octanol–water partition coefficient (Wildman–Crippen LogP) is 1.88. The highest BCUT2D eigenvalue weighted by Gasteiger charge is 2.11. The van der Waals surface area contributed by atoms with Crippen LogP contribution in [0.3, 0.4) is 0 Å². The fourth-order valence-electron chi connectivity index (χ4n) is 1.20. The lowest BCUT2D eigenvalue weighted by molar-refractivity contribution is 0.106. The van der Waals surface area contributed by atoms with E-state index in [2.05, 4.69) is 4.99 Å². The zero-order valence-electron chi connectivity index (χ0n) is 6.36. The van der Waals surface area contributed by atoms with Gasteiger partial charge in [-0.25, -0.2) is 0 Å². The molecule has 0 bridgehead atoms. The molecule has 0 spiro atoms. The highest BCUT2D eigenvalue weighted by molar-refractivity contribution is 6.36. The summed E-state index contributed by atoms with van der Waals surface area (Å²) < 4.78 is 0. The summed E-state index contributed by atoms with van der Waals surface area (Å²) in [6.45, 7) is 0.641. The molecule has 1 aliphatic heterocycles. The maximum Gasteiger partial charge on any atom is 0.203 e. The molecule has 0 amide bonds. The summed E-state index contributed by atoms with van der Waals surface area (Å²) in [5.74, 6) is 0.0202. The van der Waals surface area contributed by atoms with E-state index in [1.165, 1.54) is 6.21 Å². The van der Waals surface area contributed by atoms with E-state index in [0.717, 1.165) is 11.1 Å². The van der Waals surface area contributed by atoms with Gasteiger partial charge in [0.1, 0.15) is 0 Å². The van der Waals surface area contributed by atoms with Crippen molar-refractivity contribution in [3.8, 4) is 0 Å². The fourth-order valence-corrected chi connectivity index (χ4v) is 1.20. The van der Waals surface area contributed by atoms with Crippen molar-refractivity contribution in [2.45, 2.75) is 6.54 Å². The first kappa shape index (κ1) is 8.94. The van der Waals surface area contributed by atoms with E-state index in [4.69, 9.17) is 0 Å². The molecule has 0 aliphatic carbocycles. The van der Waals surface area contributed by atoms with Gasteiger partial charge in [-0.05, 0) is 5.56 Å². The zero-order valence-corrected chi connectivity index (χ0v) is 7.17. The predicted molar refractivity (Wildman–Crippen MR) is 50.2 cm³/mol. The van der Waals surface area contributed by atoms with Crippen molar-refractivity contribution in [3.63, 3.8) is 0 Å². The molecule has 1 aromatic rings. The van der Waals surface area contributed by atoms with E-state index in [0.29, 0.717) is 6.54 Å². The van der Waals surface area contributed by atoms with Crippen LogP contribution in [0.15, 0.2) is 29.3 Å². The van der Waals surface area contributed by atoms with Gasteiger partial charge in [0.15, 0.2) is 0 Å². The first-order chi connectivity index (χ1) is 5.38. The first-order valence-corrected chi connectivity index (χ1v) is 3.50. The molecule has 0 radical (unpaired) electrons. The van der Waals surface area contributed by atoms with Crippen molar-refractivity contribution in [1.82, 2.24) is 0 Å². The van der Waals surface area contributed by atoms with Crippen LogP contribution in [0.25, 0.3) is 0 Å². The second-order valence-electron chi connectivity index (χ2n) is 2.49. The van der Waals surface area contributed by atoms with E-state index in [1.54, 1.807) is 0 Å². The van der Waals surface area contributed by atoms with Crippen molar-refractivity contribution in [3.05, 3.63) is 35.4 Å². The number of nitrogens with zero attached hydrogens (tertiary/aromatic N) is 1. The largest absolute Gasteiger partial charge is 0.288 e. The molecule has 0 unspecified atom stereocenters. The minimum atomic E-state index is 0. The second-order valence-corrected chi connectivity index (χ2v) is 2.49. The van der Waals surface area contributed by atoms with Gasteiger partial charge in [0.2, 0.25) is 5.78 Å². The van der Waals surface area contributed by atoms with Gasteiger partial charge in [-0.3, -0.25) is 9.79 Å². The Morgan fingerprint density at radius 1 is 1.25 bits per heavy atom. The standard InChI is InChI=1S/C9H7NO.ClH/c11-9-6-10-5-7-3-1-2-4-8(7)9;/h1-4,6H,5H2;1H. The fraction of sp³-hybridized carbons (Fsp3) is 0.111. The van der Waals surface area contributed by atoms with Crippen LogP contribution in [0.5, 0.6) is 0 Å². The third-order valence-corrected chi connectivity index (χ3v) is 1.75. The van der Waals surface area contributed by atoms with Gasteiger partial charge in [0.05, 0.1) is 12.8 Å². The number of halogens is 1. The van der Waals surface area contributed by atoms with Crippen molar-refractivity contribution in [2.75, 3.05) is 0 Å². The normalized spacial score (nSPS) is 13.5. The lowest BCUT2D eigenvalue weighted by Gasteiger charge is -2.07. The first-order valence-electron chi connectivity index (χ1n) is 3.50. The van der Waals surface area contributed by atoms with Crippen LogP contribution in [0.4, 0.5) is 0 Å². The molecule has 62 valence electrons.